The minimum absolute atomic E-state index is 0.0437. The molecule has 0 saturated carbocycles. The van der Waals surface area contributed by atoms with Crippen molar-refractivity contribution < 1.29 is 15.0 Å². The lowest BCUT2D eigenvalue weighted by Crippen LogP contribution is -2.04. The van der Waals surface area contributed by atoms with E-state index in [-0.39, 0.29) is 11.3 Å². The number of rotatable bonds is 4. The van der Waals surface area contributed by atoms with Crippen molar-refractivity contribution in [1.82, 2.24) is 0 Å². The number of aromatic hydroxyl groups is 1. The molecule has 94 valence electrons. The summed E-state index contributed by atoms with van der Waals surface area (Å²) in [5.41, 5.74) is 0.780. The second kappa shape index (κ2) is 5.08. The monoisotopic (exact) mass is 244 g/mol. The Morgan fingerprint density at radius 1 is 1.28 bits per heavy atom. The van der Waals surface area contributed by atoms with Crippen LogP contribution in [0.25, 0.3) is 10.8 Å². The molecule has 0 bridgehead atoms. The summed E-state index contributed by atoms with van der Waals surface area (Å²) in [6.07, 6.45) is 2.57. The van der Waals surface area contributed by atoms with Crippen LogP contribution in [0.1, 0.15) is 35.7 Å². The van der Waals surface area contributed by atoms with Gasteiger partial charge in [0, 0.05) is 0 Å². The summed E-state index contributed by atoms with van der Waals surface area (Å²) in [4.78, 5) is 11.3. The SMILES string of the molecule is CCCCc1c(C(=O)O)c(O)cc2ccccc12. The third-order valence-electron chi connectivity index (χ3n) is 3.13. The molecule has 18 heavy (non-hydrogen) atoms. The highest BCUT2D eigenvalue weighted by molar-refractivity contribution is 6.00. The molecule has 0 radical (unpaired) electrons. The van der Waals surface area contributed by atoms with E-state index in [0.717, 1.165) is 29.2 Å². The van der Waals surface area contributed by atoms with Gasteiger partial charge in [0.15, 0.2) is 0 Å². The Morgan fingerprint density at radius 3 is 2.67 bits per heavy atom. The minimum atomic E-state index is -1.07. The summed E-state index contributed by atoms with van der Waals surface area (Å²) in [5.74, 6) is -1.21. The number of carboxylic acids is 1. The molecule has 2 N–H and O–H groups in total. The van der Waals surface area contributed by atoms with E-state index in [1.54, 1.807) is 0 Å². The first-order valence-electron chi connectivity index (χ1n) is 6.12. The van der Waals surface area contributed by atoms with Gasteiger partial charge in [-0.3, -0.25) is 0 Å². The summed E-state index contributed by atoms with van der Waals surface area (Å²) in [6.45, 7) is 2.06. The van der Waals surface area contributed by atoms with E-state index in [9.17, 15) is 15.0 Å². The van der Waals surface area contributed by atoms with Crippen LogP contribution in [0.4, 0.5) is 0 Å². The number of aryl methyl sites for hydroxylation is 1. The normalized spacial score (nSPS) is 10.7. The maximum absolute atomic E-state index is 11.3. The van der Waals surface area contributed by atoms with Crippen molar-refractivity contribution >= 4 is 16.7 Å². The van der Waals surface area contributed by atoms with E-state index in [1.165, 1.54) is 6.07 Å². The Labute approximate surface area is 106 Å². The van der Waals surface area contributed by atoms with Crippen LogP contribution in [0.3, 0.4) is 0 Å². The number of hydrogen-bond acceptors (Lipinski definition) is 2. The van der Waals surface area contributed by atoms with Gasteiger partial charge < -0.3 is 10.2 Å². The maximum atomic E-state index is 11.3. The Kier molecular flexibility index (Phi) is 3.51. The lowest BCUT2D eigenvalue weighted by Gasteiger charge is -2.12. The number of phenols is 1. The molecule has 0 saturated heterocycles. The van der Waals surface area contributed by atoms with Crippen molar-refractivity contribution in [3.63, 3.8) is 0 Å². The molecule has 2 rings (SSSR count). The molecular weight excluding hydrogens is 228 g/mol. The quantitative estimate of drug-likeness (QED) is 0.864. The average molecular weight is 244 g/mol. The van der Waals surface area contributed by atoms with Crippen molar-refractivity contribution in [3.8, 4) is 5.75 Å². The minimum Gasteiger partial charge on any atom is -0.507 e. The number of benzene rings is 2. The molecule has 0 atom stereocenters. The standard InChI is InChI=1S/C15H16O3/c1-2-3-7-12-11-8-5-4-6-10(11)9-13(16)14(12)15(17)18/h4-6,8-9,16H,2-3,7H2,1H3,(H,17,18). The summed E-state index contributed by atoms with van der Waals surface area (Å²) in [5, 5.41) is 20.9. The van der Waals surface area contributed by atoms with Crippen LogP contribution >= 0.6 is 0 Å². The van der Waals surface area contributed by atoms with Gasteiger partial charge in [0.1, 0.15) is 11.3 Å². The van der Waals surface area contributed by atoms with Gasteiger partial charge in [-0.2, -0.15) is 0 Å². The van der Waals surface area contributed by atoms with Crippen molar-refractivity contribution in [2.75, 3.05) is 0 Å². The number of fused-ring (bicyclic) bond motifs is 1. The molecule has 0 unspecified atom stereocenters. The third-order valence-corrected chi connectivity index (χ3v) is 3.13. The predicted molar refractivity (Wildman–Crippen MR) is 71.2 cm³/mol. The van der Waals surface area contributed by atoms with E-state index in [0.29, 0.717) is 6.42 Å². The molecule has 0 aliphatic heterocycles. The number of aromatic carboxylic acids is 1. The average Bonchev–Trinajstić information content (AvgIpc) is 2.34. The topological polar surface area (TPSA) is 57.5 Å². The molecule has 2 aromatic rings. The summed E-state index contributed by atoms with van der Waals surface area (Å²) in [7, 11) is 0. The second-order valence-corrected chi connectivity index (χ2v) is 4.38. The highest BCUT2D eigenvalue weighted by atomic mass is 16.4. The molecule has 3 heteroatoms. The van der Waals surface area contributed by atoms with Gasteiger partial charge >= 0.3 is 5.97 Å². The fraction of sp³-hybridized carbons (Fsp3) is 0.267. The molecule has 0 spiro atoms. The summed E-state index contributed by atoms with van der Waals surface area (Å²) < 4.78 is 0. The molecular formula is C15H16O3. The highest BCUT2D eigenvalue weighted by Crippen LogP contribution is 2.31. The third kappa shape index (κ3) is 2.16. The van der Waals surface area contributed by atoms with Crippen LogP contribution < -0.4 is 0 Å². The number of carboxylic acid groups (broad SMARTS) is 1. The number of unbranched alkanes of at least 4 members (excludes halogenated alkanes) is 1. The zero-order valence-electron chi connectivity index (χ0n) is 10.3. The zero-order chi connectivity index (χ0) is 13.1. The summed E-state index contributed by atoms with van der Waals surface area (Å²) >= 11 is 0. The highest BCUT2D eigenvalue weighted by Gasteiger charge is 2.18. The lowest BCUT2D eigenvalue weighted by molar-refractivity contribution is 0.0692. The molecule has 0 heterocycles. The molecule has 3 nitrogen and oxygen atoms in total. The molecule has 0 aliphatic rings. The van der Waals surface area contributed by atoms with Crippen LogP contribution in [-0.2, 0) is 6.42 Å². The van der Waals surface area contributed by atoms with Gasteiger partial charge in [-0.15, -0.1) is 0 Å². The molecule has 0 amide bonds. The van der Waals surface area contributed by atoms with Gasteiger partial charge in [0.25, 0.3) is 0 Å². The van der Waals surface area contributed by atoms with Crippen molar-refractivity contribution in [1.29, 1.82) is 0 Å². The van der Waals surface area contributed by atoms with Gasteiger partial charge in [-0.1, -0.05) is 37.6 Å². The van der Waals surface area contributed by atoms with Crippen LogP contribution in [0, 0.1) is 0 Å². The van der Waals surface area contributed by atoms with E-state index in [1.807, 2.05) is 24.3 Å². The molecule has 0 aromatic heterocycles. The van der Waals surface area contributed by atoms with Crippen molar-refractivity contribution in [2.24, 2.45) is 0 Å². The fourth-order valence-electron chi connectivity index (χ4n) is 2.26. The van der Waals surface area contributed by atoms with Crippen LogP contribution in [0.5, 0.6) is 5.75 Å². The van der Waals surface area contributed by atoms with Gasteiger partial charge in [-0.25, -0.2) is 4.79 Å². The Morgan fingerprint density at radius 2 is 2.00 bits per heavy atom. The van der Waals surface area contributed by atoms with E-state index >= 15 is 0 Å². The fourth-order valence-corrected chi connectivity index (χ4v) is 2.26. The van der Waals surface area contributed by atoms with E-state index in [2.05, 4.69) is 6.92 Å². The van der Waals surface area contributed by atoms with Crippen LogP contribution in [0.2, 0.25) is 0 Å². The maximum Gasteiger partial charge on any atom is 0.339 e. The summed E-state index contributed by atoms with van der Waals surface area (Å²) in [6, 6.07) is 9.09. The van der Waals surface area contributed by atoms with Gasteiger partial charge in [0.05, 0.1) is 0 Å². The Balaban J connectivity index is 2.72. The smallest absolute Gasteiger partial charge is 0.339 e. The first-order valence-corrected chi connectivity index (χ1v) is 6.12. The van der Waals surface area contributed by atoms with Gasteiger partial charge in [-0.05, 0) is 35.2 Å². The van der Waals surface area contributed by atoms with Crippen molar-refractivity contribution in [3.05, 3.63) is 41.5 Å². The van der Waals surface area contributed by atoms with Crippen molar-refractivity contribution in [2.45, 2.75) is 26.2 Å². The first-order chi connectivity index (χ1) is 8.65. The number of carbonyl (C=O) groups is 1. The molecule has 0 fully saturated rings. The molecule has 2 aromatic carbocycles. The van der Waals surface area contributed by atoms with E-state index in [4.69, 9.17) is 0 Å². The Hall–Kier alpha value is -2.03. The largest absolute Gasteiger partial charge is 0.507 e. The predicted octanol–water partition coefficient (Wildman–Crippen LogP) is 3.59. The zero-order valence-corrected chi connectivity index (χ0v) is 10.3. The molecule has 0 aliphatic carbocycles. The van der Waals surface area contributed by atoms with Gasteiger partial charge in [0.2, 0.25) is 0 Å². The van der Waals surface area contributed by atoms with Crippen LogP contribution in [-0.4, -0.2) is 16.2 Å². The lowest BCUT2D eigenvalue weighted by atomic mass is 9.94. The first kappa shape index (κ1) is 12.4. The number of hydrogen-bond donors (Lipinski definition) is 2. The second-order valence-electron chi connectivity index (χ2n) is 4.38. The van der Waals surface area contributed by atoms with E-state index < -0.39 is 5.97 Å². The van der Waals surface area contributed by atoms with Crippen LogP contribution in [0.15, 0.2) is 30.3 Å². The Bertz CT molecular complexity index is 588.